The molecule has 0 fully saturated rings. The first-order chi connectivity index (χ1) is 15.3. The van der Waals surface area contributed by atoms with Crippen LogP contribution >= 0.6 is 11.6 Å². The molecule has 1 aromatic heterocycles. The second-order valence-electron chi connectivity index (χ2n) is 10.1. The second-order valence-corrected chi connectivity index (χ2v) is 15.5. The predicted octanol–water partition coefficient (Wildman–Crippen LogP) is 7.74. The number of carbonyl (C=O) groups excluding carboxylic acids is 1. The molecule has 0 spiro atoms. The molecule has 0 aliphatic rings. The molecule has 0 aliphatic heterocycles. The van der Waals surface area contributed by atoms with Gasteiger partial charge in [-0.3, -0.25) is 4.79 Å². The molecule has 1 amide bonds. The molecule has 3 aromatic rings. The summed E-state index contributed by atoms with van der Waals surface area (Å²) in [6.45, 7) is 16.7. The van der Waals surface area contributed by atoms with E-state index in [-0.39, 0.29) is 17.0 Å². The number of benzene rings is 2. The maximum atomic E-state index is 14.3. The molecule has 0 aliphatic carbocycles. The van der Waals surface area contributed by atoms with Gasteiger partial charge in [0.15, 0.2) is 8.24 Å². The number of halogens is 1. The van der Waals surface area contributed by atoms with Crippen LogP contribution in [-0.4, -0.2) is 25.4 Å². The molecule has 0 unspecified atom stereocenters. The van der Waals surface area contributed by atoms with Crippen molar-refractivity contribution in [1.82, 2.24) is 5.16 Å². The van der Waals surface area contributed by atoms with Gasteiger partial charge in [-0.25, -0.2) is 0 Å². The van der Waals surface area contributed by atoms with Crippen molar-refractivity contribution in [2.45, 2.75) is 65.8 Å². The summed E-state index contributed by atoms with van der Waals surface area (Å²) < 4.78 is 13.4. The highest BCUT2D eigenvalue weighted by Gasteiger charge is 2.46. The third-order valence-electron chi connectivity index (χ3n) is 6.25. The van der Waals surface area contributed by atoms with Gasteiger partial charge in [0.05, 0.1) is 11.1 Å². The number of rotatable bonds is 6. The van der Waals surface area contributed by atoms with Crippen LogP contribution in [0.1, 0.15) is 50.7 Å². The van der Waals surface area contributed by atoms with Gasteiger partial charge in [-0.2, -0.15) is 0 Å². The average molecular weight is 485 g/mol. The zero-order chi connectivity index (χ0) is 24.6. The monoisotopic (exact) mass is 484 g/mol. The highest BCUT2D eigenvalue weighted by atomic mass is 35.5. The van der Waals surface area contributed by atoms with E-state index in [1.54, 1.807) is 13.0 Å². The van der Waals surface area contributed by atoms with Crippen LogP contribution in [0.3, 0.4) is 0 Å². The van der Waals surface area contributed by atoms with Crippen molar-refractivity contribution in [3.05, 3.63) is 64.9 Å². The minimum absolute atomic E-state index is 0.0319. The number of carbonyl (C=O) groups is 1. The van der Waals surface area contributed by atoms with E-state index in [0.717, 1.165) is 11.4 Å². The fourth-order valence-electron chi connectivity index (χ4n) is 3.57. The van der Waals surface area contributed by atoms with Gasteiger partial charge >= 0.3 is 0 Å². The van der Waals surface area contributed by atoms with Gasteiger partial charge < -0.3 is 13.8 Å². The number of nitrogens with zero attached hydrogens (tertiary/aromatic N) is 2. The van der Waals surface area contributed by atoms with Crippen molar-refractivity contribution in [2.24, 2.45) is 0 Å². The number of hydrogen-bond acceptors (Lipinski definition) is 4. The highest BCUT2D eigenvalue weighted by Crippen LogP contribution is 2.43. The lowest BCUT2D eigenvalue weighted by Crippen LogP contribution is -2.58. The van der Waals surface area contributed by atoms with E-state index in [9.17, 15) is 4.79 Å². The van der Waals surface area contributed by atoms with Crippen LogP contribution in [0.2, 0.25) is 23.2 Å². The van der Waals surface area contributed by atoms with E-state index in [2.05, 4.69) is 39.0 Å². The third kappa shape index (κ3) is 5.02. The van der Waals surface area contributed by atoms with Crippen LogP contribution < -0.4 is 9.30 Å². The molecule has 5 nitrogen and oxygen atoms in total. The maximum Gasteiger partial charge on any atom is 0.256 e. The third-order valence-corrected chi connectivity index (χ3v) is 11.8. The van der Waals surface area contributed by atoms with E-state index in [1.165, 1.54) is 0 Å². The standard InChI is InChI=1S/C26H33ClN2O3Si/c1-17(2)31-20-13-11-12-19(16-20)29(33(7,8)26(4,5)6)25(30)23-18(3)32-28-24(23)21-14-9-10-15-22(21)27/h9-17H,1-8H3. The molecule has 0 saturated carbocycles. The SMILES string of the molecule is Cc1onc(-c2ccccc2Cl)c1C(=O)N(c1cccc(OC(C)C)c1)[Si](C)(C)C(C)(C)C. The Hall–Kier alpha value is -2.57. The highest BCUT2D eigenvalue weighted by molar-refractivity contribution is 6.87. The summed E-state index contributed by atoms with van der Waals surface area (Å²) in [7, 11) is -2.39. The Morgan fingerprint density at radius 3 is 2.39 bits per heavy atom. The Kier molecular flexibility index (Phi) is 7.10. The fraction of sp³-hybridized carbons (Fsp3) is 0.385. The summed E-state index contributed by atoms with van der Waals surface area (Å²) in [6.07, 6.45) is 0.0319. The Morgan fingerprint density at radius 2 is 1.79 bits per heavy atom. The smallest absolute Gasteiger partial charge is 0.256 e. The lowest BCUT2D eigenvalue weighted by atomic mass is 10.1. The summed E-state index contributed by atoms with van der Waals surface area (Å²) in [5.41, 5.74) is 2.37. The molecule has 3 rings (SSSR count). The Balaban J connectivity index is 2.21. The average Bonchev–Trinajstić information content (AvgIpc) is 3.08. The molecule has 176 valence electrons. The number of ether oxygens (including phenoxy) is 1. The van der Waals surface area contributed by atoms with Crippen molar-refractivity contribution < 1.29 is 14.1 Å². The summed E-state index contributed by atoms with van der Waals surface area (Å²) in [6, 6.07) is 15.1. The summed E-state index contributed by atoms with van der Waals surface area (Å²) in [5, 5.41) is 4.64. The number of aromatic nitrogens is 1. The van der Waals surface area contributed by atoms with E-state index >= 15 is 0 Å². The molecule has 0 N–H and O–H groups in total. The first-order valence-electron chi connectivity index (χ1n) is 11.2. The molecule has 7 heteroatoms. The van der Waals surface area contributed by atoms with Crippen molar-refractivity contribution in [3.8, 4) is 17.0 Å². The normalized spacial score (nSPS) is 12.2. The number of hydrogen-bond donors (Lipinski definition) is 0. The van der Waals surface area contributed by atoms with Gasteiger partial charge in [-0.15, -0.1) is 0 Å². The molecule has 0 atom stereocenters. The summed E-state index contributed by atoms with van der Waals surface area (Å²) in [5.74, 6) is 1.05. The van der Waals surface area contributed by atoms with Crippen LogP contribution in [0.4, 0.5) is 5.69 Å². The summed E-state index contributed by atoms with van der Waals surface area (Å²) in [4.78, 5) is 14.3. The second kappa shape index (κ2) is 9.35. The number of aryl methyl sites for hydroxylation is 1. The number of amides is 1. The Bertz CT molecular complexity index is 1150. The van der Waals surface area contributed by atoms with E-state index < -0.39 is 8.24 Å². The first-order valence-corrected chi connectivity index (χ1v) is 14.5. The minimum Gasteiger partial charge on any atom is -0.491 e. The lowest BCUT2D eigenvalue weighted by molar-refractivity contribution is 0.100. The van der Waals surface area contributed by atoms with Crippen molar-refractivity contribution in [3.63, 3.8) is 0 Å². The van der Waals surface area contributed by atoms with Crippen LogP contribution in [0, 0.1) is 6.92 Å². The lowest BCUT2D eigenvalue weighted by Gasteiger charge is -2.45. The number of anilines is 1. The molecule has 0 bridgehead atoms. The largest absolute Gasteiger partial charge is 0.491 e. The molecule has 33 heavy (non-hydrogen) atoms. The van der Waals surface area contributed by atoms with Gasteiger partial charge in [0.2, 0.25) is 0 Å². The minimum atomic E-state index is -2.39. The van der Waals surface area contributed by atoms with Gasteiger partial charge in [-0.1, -0.05) is 74.9 Å². The molecule has 0 radical (unpaired) electrons. The maximum absolute atomic E-state index is 14.3. The summed E-state index contributed by atoms with van der Waals surface area (Å²) >= 11 is 6.46. The van der Waals surface area contributed by atoms with Crippen LogP contribution in [-0.2, 0) is 0 Å². The van der Waals surface area contributed by atoms with Gasteiger partial charge in [0, 0.05) is 17.3 Å². The van der Waals surface area contributed by atoms with E-state index in [0.29, 0.717) is 27.6 Å². The van der Waals surface area contributed by atoms with Gasteiger partial charge in [0.25, 0.3) is 5.91 Å². The quantitative estimate of drug-likeness (QED) is 0.335. The first kappa shape index (κ1) is 25.1. The Labute approximate surface area is 202 Å². The topological polar surface area (TPSA) is 55.6 Å². The molecular formula is C26H33ClN2O3Si. The van der Waals surface area contributed by atoms with E-state index in [4.69, 9.17) is 20.9 Å². The molecular weight excluding hydrogens is 452 g/mol. The van der Waals surface area contributed by atoms with Crippen LogP contribution in [0.25, 0.3) is 11.3 Å². The van der Waals surface area contributed by atoms with Crippen LogP contribution in [0.5, 0.6) is 5.75 Å². The zero-order valence-corrected chi connectivity index (χ0v) is 22.4. The van der Waals surface area contributed by atoms with Gasteiger partial charge in [-0.05, 0) is 44.0 Å². The zero-order valence-electron chi connectivity index (χ0n) is 20.7. The van der Waals surface area contributed by atoms with E-state index in [1.807, 2.05) is 60.9 Å². The van der Waals surface area contributed by atoms with Crippen molar-refractivity contribution >= 4 is 31.4 Å². The molecule has 2 aromatic carbocycles. The molecule has 0 saturated heterocycles. The Morgan fingerprint density at radius 1 is 1.12 bits per heavy atom. The fourth-order valence-corrected chi connectivity index (χ4v) is 5.87. The van der Waals surface area contributed by atoms with Crippen LogP contribution in [0.15, 0.2) is 53.1 Å². The van der Waals surface area contributed by atoms with Crippen molar-refractivity contribution in [1.29, 1.82) is 0 Å². The van der Waals surface area contributed by atoms with Crippen molar-refractivity contribution in [2.75, 3.05) is 4.57 Å². The van der Waals surface area contributed by atoms with Gasteiger partial charge in [0.1, 0.15) is 22.8 Å². The molecule has 1 heterocycles. The predicted molar refractivity (Wildman–Crippen MR) is 138 cm³/mol.